The Morgan fingerprint density at radius 2 is 1.74 bits per heavy atom. The average molecular weight is 485 g/mol. The molecule has 4 aliphatic carbocycles. The Hall–Kier alpha value is -2.11. The summed E-state index contributed by atoms with van der Waals surface area (Å²) in [6.45, 7) is 10.5. The average Bonchev–Trinajstić information content (AvgIpc) is 3.40. The maximum atomic E-state index is 13.6. The number of ether oxygens (including phenoxy) is 2. The predicted molar refractivity (Wildman–Crippen MR) is 129 cm³/mol. The number of rotatable bonds is 3. The molecule has 0 saturated heterocycles. The fourth-order valence-corrected chi connectivity index (χ4v) is 10.1. The van der Waals surface area contributed by atoms with Crippen molar-refractivity contribution in [3.05, 3.63) is 24.2 Å². The molecule has 1 aromatic rings. The molecule has 0 bridgehead atoms. The summed E-state index contributed by atoms with van der Waals surface area (Å²) in [5.74, 6) is 0.0119. The van der Waals surface area contributed by atoms with E-state index in [1.165, 1.54) is 14.0 Å². The van der Waals surface area contributed by atoms with Gasteiger partial charge in [0, 0.05) is 24.3 Å². The van der Waals surface area contributed by atoms with Gasteiger partial charge in [-0.2, -0.15) is 0 Å². The first-order valence-electron chi connectivity index (χ1n) is 13.2. The summed E-state index contributed by atoms with van der Waals surface area (Å²) in [6, 6.07) is 1.89. The molecule has 0 aliphatic heterocycles. The van der Waals surface area contributed by atoms with E-state index >= 15 is 0 Å². The zero-order valence-corrected chi connectivity index (χ0v) is 22.0. The van der Waals surface area contributed by atoms with Crippen molar-refractivity contribution in [1.82, 2.24) is 0 Å². The second kappa shape index (κ2) is 7.94. The molecule has 0 radical (unpaired) electrons. The number of hydrogen-bond donors (Lipinski definition) is 0. The summed E-state index contributed by atoms with van der Waals surface area (Å²) in [4.78, 5) is 39.0. The molecular formula is C29H40O6. The highest BCUT2D eigenvalue weighted by Crippen LogP contribution is 2.74. The van der Waals surface area contributed by atoms with Crippen molar-refractivity contribution in [2.24, 2.45) is 39.4 Å². The third-order valence-corrected chi connectivity index (χ3v) is 11.4. The van der Waals surface area contributed by atoms with Gasteiger partial charge in [-0.15, -0.1) is 0 Å². The fourth-order valence-electron chi connectivity index (χ4n) is 10.1. The lowest BCUT2D eigenvalue weighted by atomic mass is 9.36. The van der Waals surface area contributed by atoms with E-state index in [1.807, 2.05) is 6.07 Å². The SMILES string of the molecule is COC(=O)[C@@]1(C)CCC[C@@]2(C)C1CC[C@@]1(C)[C@@H]3CC(=O)[C@@H](c4ccoc4)[C@]3(C)[C@H](OC(C)=O)C[C@@H]12. The van der Waals surface area contributed by atoms with E-state index in [2.05, 4.69) is 27.7 Å². The minimum Gasteiger partial charge on any atom is -0.472 e. The molecule has 5 rings (SSSR count). The largest absolute Gasteiger partial charge is 0.472 e. The number of carbonyl (C=O) groups is 3. The van der Waals surface area contributed by atoms with E-state index in [0.717, 1.165) is 44.1 Å². The van der Waals surface area contributed by atoms with Crippen LogP contribution in [0.4, 0.5) is 0 Å². The highest BCUT2D eigenvalue weighted by atomic mass is 16.5. The topological polar surface area (TPSA) is 82.8 Å². The van der Waals surface area contributed by atoms with Crippen LogP contribution in [-0.4, -0.2) is 30.9 Å². The molecule has 1 unspecified atom stereocenters. The number of methoxy groups -OCH3 is 1. The number of carbonyl (C=O) groups excluding carboxylic acids is 3. The zero-order valence-electron chi connectivity index (χ0n) is 22.0. The van der Waals surface area contributed by atoms with Gasteiger partial charge in [-0.25, -0.2) is 0 Å². The van der Waals surface area contributed by atoms with Gasteiger partial charge in [0.15, 0.2) is 0 Å². The van der Waals surface area contributed by atoms with E-state index < -0.39 is 10.8 Å². The van der Waals surface area contributed by atoms with Crippen LogP contribution in [-0.2, 0) is 23.9 Å². The molecule has 0 amide bonds. The minimum absolute atomic E-state index is 0.0842. The van der Waals surface area contributed by atoms with Gasteiger partial charge in [0.2, 0.25) is 0 Å². The molecule has 6 heteroatoms. The van der Waals surface area contributed by atoms with Crippen LogP contribution < -0.4 is 0 Å². The van der Waals surface area contributed by atoms with Gasteiger partial charge in [-0.05, 0) is 73.7 Å². The summed E-state index contributed by atoms with van der Waals surface area (Å²) >= 11 is 0. The van der Waals surface area contributed by atoms with Gasteiger partial charge >= 0.3 is 11.9 Å². The lowest BCUT2D eigenvalue weighted by Gasteiger charge is -2.68. The third-order valence-electron chi connectivity index (χ3n) is 11.4. The van der Waals surface area contributed by atoms with Crippen LogP contribution in [0.2, 0.25) is 0 Å². The van der Waals surface area contributed by atoms with Gasteiger partial charge in [0.05, 0.1) is 31.0 Å². The summed E-state index contributed by atoms with van der Waals surface area (Å²) in [6.07, 6.45) is 8.91. The molecule has 35 heavy (non-hydrogen) atoms. The van der Waals surface area contributed by atoms with Crippen LogP contribution in [0.1, 0.15) is 91.0 Å². The first kappa shape index (κ1) is 24.6. The van der Waals surface area contributed by atoms with Gasteiger partial charge in [0.25, 0.3) is 0 Å². The first-order valence-corrected chi connectivity index (χ1v) is 13.2. The number of furan rings is 1. The number of Topliss-reactive ketones (excluding diaryl/α,β-unsaturated/α-hetero) is 1. The molecule has 0 aromatic carbocycles. The minimum atomic E-state index is -0.508. The quantitative estimate of drug-likeness (QED) is 0.512. The lowest BCUT2D eigenvalue weighted by molar-refractivity contribution is -0.229. The second-order valence-electron chi connectivity index (χ2n) is 12.8. The second-order valence-corrected chi connectivity index (χ2v) is 12.8. The van der Waals surface area contributed by atoms with E-state index in [4.69, 9.17) is 13.9 Å². The molecule has 1 aromatic heterocycles. The summed E-state index contributed by atoms with van der Waals surface area (Å²) in [5.41, 5.74) is -0.299. The molecule has 9 atom stereocenters. The van der Waals surface area contributed by atoms with Crippen molar-refractivity contribution < 1.29 is 28.3 Å². The van der Waals surface area contributed by atoms with Crippen LogP contribution in [0, 0.1) is 39.4 Å². The third kappa shape index (κ3) is 3.16. The van der Waals surface area contributed by atoms with Crippen molar-refractivity contribution in [2.75, 3.05) is 7.11 Å². The fraction of sp³-hybridized carbons (Fsp3) is 0.759. The number of esters is 2. The Bertz CT molecular complexity index is 1030. The zero-order chi connectivity index (χ0) is 25.4. The van der Waals surface area contributed by atoms with Crippen LogP contribution >= 0.6 is 0 Å². The lowest BCUT2D eigenvalue weighted by Crippen LogP contribution is -2.65. The van der Waals surface area contributed by atoms with Crippen LogP contribution in [0.3, 0.4) is 0 Å². The smallest absolute Gasteiger partial charge is 0.311 e. The molecule has 4 aliphatic rings. The Labute approximate surface area is 208 Å². The van der Waals surface area contributed by atoms with Crippen molar-refractivity contribution in [3.63, 3.8) is 0 Å². The molecule has 4 fully saturated rings. The number of ketones is 1. The molecule has 6 nitrogen and oxygen atoms in total. The highest BCUT2D eigenvalue weighted by Gasteiger charge is 2.72. The van der Waals surface area contributed by atoms with Gasteiger partial charge < -0.3 is 13.9 Å². The molecule has 192 valence electrons. The Kier molecular flexibility index (Phi) is 5.58. The monoisotopic (exact) mass is 484 g/mol. The van der Waals surface area contributed by atoms with E-state index in [-0.39, 0.29) is 58.3 Å². The highest BCUT2D eigenvalue weighted by molar-refractivity contribution is 5.90. The maximum absolute atomic E-state index is 13.6. The summed E-state index contributed by atoms with van der Waals surface area (Å²) in [7, 11) is 1.50. The predicted octanol–water partition coefficient (Wildman–Crippen LogP) is 5.70. The van der Waals surface area contributed by atoms with Gasteiger partial charge in [-0.1, -0.05) is 27.2 Å². The molecule has 0 N–H and O–H groups in total. The standard InChI is InChI=1S/C29H40O6/c1-17(30)35-23-15-21-26(2)10-7-11-28(4,25(32)33-6)20(26)8-12-27(21,3)22-14-19(31)24(29(22,23)5)18-9-13-34-16-18/h9,13,16,20-24H,7-8,10-12,14-15H2,1-6H3/t20?,21-,22+,23-,24-,26+,27-,28+,29+/m1/s1. The van der Waals surface area contributed by atoms with Crippen LogP contribution in [0.25, 0.3) is 0 Å². The van der Waals surface area contributed by atoms with Crippen molar-refractivity contribution in [2.45, 2.75) is 91.6 Å². The van der Waals surface area contributed by atoms with E-state index in [0.29, 0.717) is 6.42 Å². The van der Waals surface area contributed by atoms with E-state index in [1.54, 1.807) is 12.5 Å². The number of hydrogen-bond acceptors (Lipinski definition) is 6. The van der Waals surface area contributed by atoms with Gasteiger partial charge in [-0.3, -0.25) is 14.4 Å². The maximum Gasteiger partial charge on any atom is 0.311 e. The van der Waals surface area contributed by atoms with Crippen LogP contribution in [0.5, 0.6) is 0 Å². The Balaban J connectivity index is 1.62. The first-order chi connectivity index (χ1) is 16.4. The van der Waals surface area contributed by atoms with Crippen molar-refractivity contribution in [3.8, 4) is 0 Å². The van der Waals surface area contributed by atoms with Gasteiger partial charge in [0.1, 0.15) is 11.9 Å². The molecule has 1 heterocycles. The van der Waals surface area contributed by atoms with Crippen molar-refractivity contribution >= 4 is 17.7 Å². The van der Waals surface area contributed by atoms with Crippen molar-refractivity contribution in [1.29, 1.82) is 0 Å². The normalized spacial score (nSPS) is 46.8. The summed E-state index contributed by atoms with van der Waals surface area (Å²) in [5, 5.41) is 0. The van der Waals surface area contributed by atoms with Crippen LogP contribution in [0.15, 0.2) is 23.0 Å². The Morgan fingerprint density at radius 1 is 1.03 bits per heavy atom. The number of fused-ring (bicyclic) bond motifs is 5. The molecular weight excluding hydrogens is 444 g/mol. The molecule has 4 saturated carbocycles. The Morgan fingerprint density at radius 3 is 2.37 bits per heavy atom. The molecule has 0 spiro atoms. The van der Waals surface area contributed by atoms with E-state index in [9.17, 15) is 14.4 Å². The summed E-state index contributed by atoms with van der Waals surface area (Å²) < 4.78 is 16.8.